The van der Waals surface area contributed by atoms with Crippen LogP contribution in [-0.2, 0) is 4.74 Å². The van der Waals surface area contributed by atoms with Crippen molar-refractivity contribution in [3.8, 4) is 0 Å². The van der Waals surface area contributed by atoms with Gasteiger partial charge < -0.3 is 15.0 Å². The first-order valence-electron chi connectivity index (χ1n) is 8.03. The van der Waals surface area contributed by atoms with Gasteiger partial charge in [0.2, 0.25) is 0 Å². The van der Waals surface area contributed by atoms with E-state index in [1.54, 1.807) is 0 Å². The van der Waals surface area contributed by atoms with Gasteiger partial charge in [-0.1, -0.05) is 26.7 Å². The number of ether oxygens (including phenoxy) is 1. The summed E-state index contributed by atoms with van der Waals surface area (Å²) in [6.07, 6.45) is 4.66. The number of alkyl carbamates (subject to hydrolysis) is 1. The Bertz CT molecular complexity index is 293. The van der Waals surface area contributed by atoms with Crippen molar-refractivity contribution in [2.24, 2.45) is 5.92 Å². The molecule has 0 aliphatic carbocycles. The minimum absolute atomic E-state index is 0.174. The third-order valence-corrected chi connectivity index (χ3v) is 3.94. The van der Waals surface area contributed by atoms with Gasteiger partial charge in [0.1, 0.15) is 5.60 Å². The van der Waals surface area contributed by atoms with Crippen LogP contribution in [0.3, 0.4) is 0 Å². The highest BCUT2D eigenvalue weighted by Crippen LogP contribution is 2.15. The maximum Gasteiger partial charge on any atom is 0.407 e. The Morgan fingerprint density at radius 1 is 1.25 bits per heavy atom. The smallest absolute Gasteiger partial charge is 0.407 e. The number of rotatable bonds is 5. The summed E-state index contributed by atoms with van der Waals surface area (Å²) in [6.45, 7) is 13.3. The Hall–Kier alpha value is -0.770. The number of piperidine rings is 1. The molecule has 0 bridgehead atoms. The van der Waals surface area contributed by atoms with E-state index in [4.69, 9.17) is 4.74 Å². The number of nitrogens with zero attached hydrogens (tertiary/aromatic N) is 1. The van der Waals surface area contributed by atoms with Crippen LogP contribution in [0.4, 0.5) is 4.79 Å². The molecule has 2 atom stereocenters. The van der Waals surface area contributed by atoms with Gasteiger partial charge in [-0.2, -0.15) is 0 Å². The lowest BCUT2D eigenvalue weighted by atomic mass is 9.98. The van der Waals surface area contributed by atoms with Crippen LogP contribution in [0.5, 0.6) is 0 Å². The summed E-state index contributed by atoms with van der Waals surface area (Å²) in [7, 11) is 0. The maximum absolute atomic E-state index is 12.0. The molecule has 0 aromatic carbocycles. The zero-order valence-electron chi connectivity index (χ0n) is 13.9. The van der Waals surface area contributed by atoms with Gasteiger partial charge in [-0.15, -0.1) is 0 Å². The van der Waals surface area contributed by atoms with E-state index in [1.807, 2.05) is 20.8 Å². The fourth-order valence-electron chi connectivity index (χ4n) is 2.53. The molecule has 1 amide bonds. The van der Waals surface area contributed by atoms with E-state index in [-0.39, 0.29) is 12.1 Å². The monoisotopic (exact) mass is 284 g/mol. The third-order valence-electron chi connectivity index (χ3n) is 3.94. The van der Waals surface area contributed by atoms with Gasteiger partial charge in [0.05, 0.1) is 0 Å². The summed E-state index contributed by atoms with van der Waals surface area (Å²) in [5.41, 5.74) is -0.435. The second kappa shape index (κ2) is 7.87. The lowest BCUT2D eigenvalue weighted by molar-refractivity contribution is 0.0465. The molecule has 1 fully saturated rings. The van der Waals surface area contributed by atoms with Crippen LogP contribution >= 0.6 is 0 Å². The van der Waals surface area contributed by atoms with Gasteiger partial charge in [0.15, 0.2) is 0 Å². The van der Waals surface area contributed by atoms with Crippen LogP contribution in [0.1, 0.15) is 60.3 Å². The fraction of sp³-hybridized carbons (Fsp3) is 0.938. The maximum atomic E-state index is 12.0. The van der Waals surface area contributed by atoms with E-state index < -0.39 is 5.60 Å². The van der Waals surface area contributed by atoms with Crippen LogP contribution in [-0.4, -0.2) is 42.3 Å². The van der Waals surface area contributed by atoms with Crippen molar-refractivity contribution in [2.75, 3.05) is 19.6 Å². The average molecular weight is 284 g/mol. The molecule has 4 nitrogen and oxygen atoms in total. The molecule has 0 aromatic heterocycles. The van der Waals surface area contributed by atoms with Gasteiger partial charge >= 0.3 is 6.09 Å². The van der Waals surface area contributed by atoms with Crippen molar-refractivity contribution in [3.05, 3.63) is 0 Å². The SMILES string of the molecule is CCC(C)[C@@H](CN1CCCCC1)NC(=O)OC(C)(C)C. The van der Waals surface area contributed by atoms with E-state index in [0.29, 0.717) is 5.92 Å². The highest BCUT2D eigenvalue weighted by atomic mass is 16.6. The largest absolute Gasteiger partial charge is 0.444 e. The molecule has 4 heteroatoms. The Kier molecular flexibility index (Phi) is 6.80. The topological polar surface area (TPSA) is 41.6 Å². The predicted octanol–water partition coefficient (Wildman–Crippen LogP) is 3.41. The predicted molar refractivity (Wildman–Crippen MR) is 82.9 cm³/mol. The number of nitrogens with one attached hydrogen (secondary N) is 1. The molecule has 0 aromatic rings. The standard InChI is InChI=1S/C16H32N2O2/c1-6-13(2)14(12-18-10-8-7-9-11-18)17-15(19)20-16(3,4)5/h13-14H,6-12H2,1-5H3,(H,17,19)/t13?,14-/m1/s1. The Labute approximate surface area is 124 Å². The second-order valence-corrected chi connectivity index (χ2v) is 7.00. The molecule has 1 saturated heterocycles. The van der Waals surface area contributed by atoms with Gasteiger partial charge in [0, 0.05) is 12.6 Å². The number of hydrogen-bond donors (Lipinski definition) is 1. The molecule has 1 aliphatic heterocycles. The van der Waals surface area contributed by atoms with E-state index in [2.05, 4.69) is 24.1 Å². The molecule has 0 saturated carbocycles. The van der Waals surface area contributed by atoms with E-state index in [0.717, 1.165) is 26.1 Å². The van der Waals surface area contributed by atoms with Crippen molar-refractivity contribution < 1.29 is 9.53 Å². The number of amides is 1. The second-order valence-electron chi connectivity index (χ2n) is 7.00. The molecule has 118 valence electrons. The van der Waals surface area contributed by atoms with Gasteiger partial charge in [-0.05, 0) is 52.6 Å². The Morgan fingerprint density at radius 3 is 2.35 bits per heavy atom. The molecule has 0 radical (unpaired) electrons. The van der Waals surface area contributed by atoms with Gasteiger partial charge in [-0.3, -0.25) is 0 Å². The first-order chi connectivity index (χ1) is 9.31. The summed E-state index contributed by atoms with van der Waals surface area (Å²) in [6, 6.07) is 0.174. The van der Waals surface area contributed by atoms with Crippen LogP contribution in [0.15, 0.2) is 0 Å². The van der Waals surface area contributed by atoms with Crippen LogP contribution < -0.4 is 5.32 Å². The summed E-state index contributed by atoms with van der Waals surface area (Å²) in [5.74, 6) is 0.462. The van der Waals surface area contributed by atoms with E-state index >= 15 is 0 Å². The summed E-state index contributed by atoms with van der Waals surface area (Å²) in [5, 5.41) is 3.07. The zero-order valence-corrected chi connectivity index (χ0v) is 13.9. The quantitative estimate of drug-likeness (QED) is 0.841. The lowest BCUT2D eigenvalue weighted by Crippen LogP contribution is -2.49. The average Bonchev–Trinajstić information content (AvgIpc) is 2.36. The van der Waals surface area contributed by atoms with Crippen molar-refractivity contribution in [2.45, 2.75) is 71.9 Å². The van der Waals surface area contributed by atoms with Gasteiger partial charge in [-0.25, -0.2) is 4.79 Å². The van der Waals surface area contributed by atoms with Crippen LogP contribution in [0.25, 0.3) is 0 Å². The molecule has 0 spiro atoms. The molecular weight excluding hydrogens is 252 g/mol. The first kappa shape index (κ1) is 17.3. The summed E-state index contributed by atoms with van der Waals surface area (Å²) in [4.78, 5) is 14.4. The molecule has 1 N–H and O–H groups in total. The number of likely N-dealkylation sites (tertiary alicyclic amines) is 1. The van der Waals surface area contributed by atoms with Crippen molar-refractivity contribution in [1.29, 1.82) is 0 Å². The molecule has 20 heavy (non-hydrogen) atoms. The molecule has 1 rings (SSSR count). The van der Waals surface area contributed by atoms with Crippen LogP contribution in [0.2, 0.25) is 0 Å². The fourth-order valence-corrected chi connectivity index (χ4v) is 2.53. The van der Waals surface area contributed by atoms with Crippen molar-refractivity contribution >= 4 is 6.09 Å². The first-order valence-corrected chi connectivity index (χ1v) is 8.03. The number of hydrogen-bond acceptors (Lipinski definition) is 3. The molecule has 1 unspecified atom stereocenters. The number of carbonyl (C=O) groups excluding carboxylic acids is 1. The summed E-state index contributed by atoms with van der Waals surface area (Å²) >= 11 is 0. The van der Waals surface area contributed by atoms with E-state index in [9.17, 15) is 4.79 Å². The highest BCUT2D eigenvalue weighted by molar-refractivity contribution is 5.68. The van der Waals surface area contributed by atoms with Crippen LogP contribution in [0, 0.1) is 5.92 Å². The normalized spacial score (nSPS) is 20.2. The summed E-state index contributed by atoms with van der Waals surface area (Å²) < 4.78 is 5.38. The minimum atomic E-state index is -0.435. The lowest BCUT2D eigenvalue weighted by Gasteiger charge is -2.33. The van der Waals surface area contributed by atoms with Gasteiger partial charge in [0.25, 0.3) is 0 Å². The zero-order chi connectivity index (χ0) is 15.2. The molecule has 1 aliphatic rings. The highest BCUT2D eigenvalue weighted by Gasteiger charge is 2.25. The van der Waals surface area contributed by atoms with E-state index in [1.165, 1.54) is 19.3 Å². The molecular formula is C16H32N2O2. The minimum Gasteiger partial charge on any atom is -0.444 e. The Morgan fingerprint density at radius 2 is 1.85 bits per heavy atom. The Balaban J connectivity index is 2.52. The van der Waals surface area contributed by atoms with Crippen molar-refractivity contribution in [1.82, 2.24) is 10.2 Å². The number of carbonyl (C=O) groups is 1. The molecule has 1 heterocycles. The third kappa shape index (κ3) is 6.60. The van der Waals surface area contributed by atoms with Crippen molar-refractivity contribution in [3.63, 3.8) is 0 Å².